The van der Waals surface area contributed by atoms with Crippen LogP contribution in [-0.2, 0) is 0 Å². The summed E-state index contributed by atoms with van der Waals surface area (Å²) in [5.41, 5.74) is 0.446. The molecule has 1 rings (SSSR count). The Kier molecular flexibility index (Phi) is 3.39. The zero-order valence-corrected chi connectivity index (χ0v) is 9.51. The first-order chi connectivity index (χ1) is 5.88. The maximum atomic E-state index is 9.50. The SMILES string of the molecule is CC1CC(O)CCC1CC(C)(C)C. The Bertz CT molecular complexity index is 157. The molecule has 0 bridgehead atoms. The molecule has 0 radical (unpaired) electrons. The number of aliphatic hydroxyl groups excluding tert-OH is 1. The van der Waals surface area contributed by atoms with Gasteiger partial charge in [-0.25, -0.2) is 0 Å². The van der Waals surface area contributed by atoms with E-state index in [-0.39, 0.29) is 6.10 Å². The quantitative estimate of drug-likeness (QED) is 0.663. The molecule has 0 heterocycles. The fraction of sp³-hybridized carbons (Fsp3) is 1.00. The van der Waals surface area contributed by atoms with Gasteiger partial charge in [0.25, 0.3) is 0 Å². The minimum atomic E-state index is -0.0220. The van der Waals surface area contributed by atoms with Crippen LogP contribution in [0.2, 0.25) is 0 Å². The van der Waals surface area contributed by atoms with Crippen LogP contribution in [0.3, 0.4) is 0 Å². The van der Waals surface area contributed by atoms with Gasteiger partial charge in [-0.1, -0.05) is 27.7 Å². The summed E-state index contributed by atoms with van der Waals surface area (Å²) in [6.07, 6.45) is 4.54. The molecule has 1 fully saturated rings. The largest absolute Gasteiger partial charge is 0.393 e. The van der Waals surface area contributed by atoms with Gasteiger partial charge in [0.2, 0.25) is 0 Å². The highest BCUT2D eigenvalue weighted by Crippen LogP contribution is 2.37. The molecule has 3 unspecified atom stereocenters. The molecular formula is C12H24O. The molecule has 1 aliphatic rings. The molecule has 0 saturated heterocycles. The zero-order valence-electron chi connectivity index (χ0n) is 9.51. The fourth-order valence-electron chi connectivity index (χ4n) is 2.52. The van der Waals surface area contributed by atoms with E-state index in [1.165, 1.54) is 12.8 Å². The molecule has 1 nitrogen and oxygen atoms in total. The van der Waals surface area contributed by atoms with Crippen molar-refractivity contribution in [1.82, 2.24) is 0 Å². The first kappa shape index (κ1) is 11.0. The minimum absolute atomic E-state index is 0.0220. The number of rotatable bonds is 1. The van der Waals surface area contributed by atoms with Crippen LogP contribution in [0.4, 0.5) is 0 Å². The average molecular weight is 184 g/mol. The highest BCUT2D eigenvalue weighted by atomic mass is 16.3. The first-order valence-corrected chi connectivity index (χ1v) is 5.56. The second-order valence-corrected chi connectivity index (χ2v) is 5.97. The molecule has 0 aromatic rings. The fourth-order valence-corrected chi connectivity index (χ4v) is 2.52. The summed E-state index contributed by atoms with van der Waals surface area (Å²) < 4.78 is 0. The van der Waals surface area contributed by atoms with E-state index in [1.54, 1.807) is 0 Å². The summed E-state index contributed by atoms with van der Waals surface area (Å²) in [6.45, 7) is 9.22. The second kappa shape index (κ2) is 4.00. The van der Waals surface area contributed by atoms with Crippen LogP contribution in [0, 0.1) is 17.3 Å². The molecule has 1 heteroatoms. The summed E-state index contributed by atoms with van der Waals surface area (Å²) in [4.78, 5) is 0. The third-order valence-corrected chi connectivity index (χ3v) is 3.19. The van der Waals surface area contributed by atoms with E-state index in [2.05, 4.69) is 27.7 Å². The molecule has 0 spiro atoms. The molecule has 13 heavy (non-hydrogen) atoms. The second-order valence-electron chi connectivity index (χ2n) is 5.97. The van der Waals surface area contributed by atoms with Crippen molar-refractivity contribution in [2.75, 3.05) is 0 Å². The normalized spacial score (nSPS) is 36.2. The number of aliphatic hydroxyl groups is 1. The van der Waals surface area contributed by atoms with Crippen LogP contribution in [0.1, 0.15) is 53.4 Å². The average Bonchev–Trinajstić information content (AvgIpc) is 1.93. The highest BCUT2D eigenvalue weighted by molar-refractivity contribution is 4.80. The lowest BCUT2D eigenvalue weighted by Crippen LogP contribution is -2.28. The third-order valence-electron chi connectivity index (χ3n) is 3.19. The Labute approximate surface area is 82.5 Å². The summed E-state index contributed by atoms with van der Waals surface area (Å²) in [7, 11) is 0. The van der Waals surface area contributed by atoms with Gasteiger partial charge in [-0.3, -0.25) is 0 Å². The van der Waals surface area contributed by atoms with E-state index in [4.69, 9.17) is 0 Å². The van der Waals surface area contributed by atoms with E-state index in [0.29, 0.717) is 11.3 Å². The lowest BCUT2D eigenvalue weighted by atomic mass is 9.72. The Morgan fingerprint density at radius 3 is 2.31 bits per heavy atom. The molecule has 0 aliphatic heterocycles. The van der Waals surface area contributed by atoms with E-state index in [9.17, 15) is 5.11 Å². The Balaban J connectivity index is 2.43. The van der Waals surface area contributed by atoms with Gasteiger partial charge in [0, 0.05) is 0 Å². The van der Waals surface area contributed by atoms with E-state index < -0.39 is 0 Å². The van der Waals surface area contributed by atoms with E-state index in [0.717, 1.165) is 18.8 Å². The standard InChI is InChI=1S/C12H24O/c1-9-7-11(13)6-5-10(9)8-12(2,3)4/h9-11,13H,5-8H2,1-4H3. The lowest BCUT2D eigenvalue weighted by Gasteiger charge is -2.35. The smallest absolute Gasteiger partial charge is 0.0543 e. The zero-order chi connectivity index (χ0) is 10.1. The molecule has 3 atom stereocenters. The van der Waals surface area contributed by atoms with Crippen LogP contribution >= 0.6 is 0 Å². The summed E-state index contributed by atoms with van der Waals surface area (Å²) >= 11 is 0. The minimum Gasteiger partial charge on any atom is -0.393 e. The molecule has 0 aromatic heterocycles. The number of hydrogen-bond acceptors (Lipinski definition) is 1. The maximum absolute atomic E-state index is 9.50. The molecular weight excluding hydrogens is 160 g/mol. The van der Waals surface area contributed by atoms with Crippen LogP contribution < -0.4 is 0 Å². The summed E-state index contributed by atoms with van der Waals surface area (Å²) in [6, 6.07) is 0. The van der Waals surface area contributed by atoms with Gasteiger partial charge in [-0.05, 0) is 42.9 Å². The molecule has 1 saturated carbocycles. The van der Waals surface area contributed by atoms with Crippen LogP contribution in [0.5, 0.6) is 0 Å². The van der Waals surface area contributed by atoms with Crippen molar-refractivity contribution in [2.24, 2.45) is 17.3 Å². The molecule has 78 valence electrons. The third kappa shape index (κ3) is 3.68. The van der Waals surface area contributed by atoms with Crippen LogP contribution in [0.15, 0.2) is 0 Å². The van der Waals surface area contributed by atoms with Gasteiger partial charge in [0.1, 0.15) is 0 Å². The molecule has 1 aliphatic carbocycles. The Morgan fingerprint density at radius 2 is 1.85 bits per heavy atom. The lowest BCUT2D eigenvalue weighted by molar-refractivity contribution is 0.0600. The molecule has 0 amide bonds. The summed E-state index contributed by atoms with van der Waals surface area (Å²) in [5, 5.41) is 9.50. The van der Waals surface area contributed by atoms with Gasteiger partial charge in [0.15, 0.2) is 0 Å². The molecule has 0 aromatic carbocycles. The van der Waals surface area contributed by atoms with Crippen molar-refractivity contribution in [3.05, 3.63) is 0 Å². The number of hydrogen-bond donors (Lipinski definition) is 1. The van der Waals surface area contributed by atoms with Crippen molar-refractivity contribution in [3.63, 3.8) is 0 Å². The van der Waals surface area contributed by atoms with Crippen molar-refractivity contribution >= 4 is 0 Å². The van der Waals surface area contributed by atoms with Crippen molar-refractivity contribution < 1.29 is 5.11 Å². The van der Waals surface area contributed by atoms with Gasteiger partial charge in [0.05, 0.1) is 6.10 Å². The van der Waals surface area contributed by atoms with E-state index >= 15 is 0 Å². The van der Waals surface area contributed by atoms with Crippen LogP contribution in [0.25, 0.3) is 0 Å². The Morgan fingerprint density at radius 1 is 1.23 bits per heavy atom. The Hall–Kier alpha value is -0.0400. The predicted octanol–water partition coefficient (Wildman–Crippen LogP) is 3.22. The topological polar surface area (TPSA) is 20.2 Å². The van der Waals surface area contributed by atoms with Gasteiger partial charge < -0.3 is 5.11 Å². The first-order valence-electron chi connectivity index (χ1n) is 5.56. The van der Waals surface area contributed by atoms with Crippen molar-refractivity contribution in [2.45, 2.75) is 59.5 Å². The molecule has 1 N–H and O–H groups in total. The monoisotopic (exact) mass is 184 g/mol. The van der Waals surface area contributed by atoms with Crippen LogP contribution in [-0.4, -0.2) is 11.2 Å². The van der Waals surface area contributed by atoms with E-state index in [1.807, 2.05) is 0 Å². The maximum Gasteiger partial charge on any atom is 0.0543 e. The predicted molar refractivity (Wildman–Crippen MR) is 56.6 cm³/mol. The van der Waals surface area contributed by atoms with Crippen molar-refractivity contribution in [1.29, 1.82) is 0 Å². The highest BCUT2D eigenvalue weighted by Gasteiger charge is 2.29. The van der Waals surface area contributed by atoms with Gasteiger partial charge >= 0.3 is 0 Å². The van der Waals surface area contributed by atoms with Crippen molar-refractivity contribution in [3.8, 4) is 0 Å². The summed E-state index contributed by atoms with van der Waals surface area (Å²) in [5.74, 6) is 1.55. The van der Waals surface area contributed by atoms with Gasteiger partial charge in [-0.2, -0.15) is 0 Å². The van der Waals surface area contributed by atoms with Gasteiger partial charge in [-0.15, -0.1) is 0 Å².